The summed E-state index contributed by atoms with van der Waals surface area (Å²) in [5, 5.41) is 9.14. The molecule has 5 aromatic rings. The Hall–Kier alpha value is -3.23. The van der Waals surface area contributed by atoms with Crippen LogP contribution in [-0.2, 0) is 11.2 Å². The first-order valence-electron chi connectivity index (χ1n) is 8.56. The topological polar surface area (TPSA) is 83.8 Å². The molecule has 0 aliphatic rings. The molecule has 0 saturated carbocycles. The van der Waals surface area contributed by atoms with E-state index in [1.165, 1.54) is 22.7 Å². The van der Waals surface area contributed by atoms with Crippen LogP contribution in [-0.4, -0.2) is 20.9 Å². The van der Waals surface area contributed by atoms with Crippen molar-refractivity contribution in [2.24, 2.45) is 0 Å². The minimum Gasteiger partial charge on any atom is -0.462 e. The fourth-order valence-electron chi connectivity index (χ4n) is 2.97. The van der Waals surface area contributed by atoms with Gasteiger partial charge < -0.3 is 14.7 Å². The quantitative estimate of drug-likeness (QED) is 0.421. The van der Waals surface area contributed by atoms with Gasteiger partial charge in [0.1, 0.15) is 0 Å². The van der Waals surface area contributed by atoms with E-state index in [9.17, 15) is 4.79 Å². The van der Waals surface area contributed by atoms with Gasteiger partial charge >= 0.3 is 0 Å². The van der Waals surface area contributed by atoms with Crippen LogP contribution in [0, 0.1) is 0 Å². The highest BCUT2D eigenvalue weighted by Crippen LogP contribution is 2.31. The molecule has 28 heavy (non-hydrogen) atoms. The first kappa shape index (κ1) is 16.9. The third-order valence-corrected chi connectivity index (χ3v) is 5.90. The van der Waals surface area contributed by atoms with Crippen molar-refractivity contribution in [3.63, 3.8) is 0 Å². The maximum Gasteiger partial charge on any atom is 0.232 e. The van der Waals surface area contributed by atoms with Crippen LogP contribution < -0.4 is 5.32 Å². The van der Waals surface area contributed by atoms with Crippen LogP contribution in [0.1, 0.15) is 5.69 Å². The van der Waals surface area contributed by atoms with Crippen LogP contribution in [0.3, 0.4) is 0 Å². The maximum atomic E-state index is 12.4. The van der Waals surface area contributed by atoms with Crippen molar-refractivity contribution in [2.45, 2.75) is 6.42 Å². The Balaban J connectivity index is 1.29. The molecule has 8 heteroatoms. The highest BCUT2D eigenvalue weighted by Gasteiger charge is 2.14. The lowest BCUT2D eigenvalue weighted by molar-refractivity contribution is -0.115. The third kappa shape index (κ3) is 3.23. The van der Waals surface area contributed by atoms with Crippen molar-refractivity contribution in [3.8, 4) is 22.0 Å². The zero-order valence-electron chi connectivity index (χ0n) is 14.5. The monoisotopic (exact) mass is 406 g/mol. The standard InChI is InChI=1S/C20H14N4O2S2/c25-18(8-12-10-27-19(22-12)17-6-3-7-26-17)24-20-23-16(11-28-20)14-9-21-15-5-2-1-4-13(14)15/h1-7,9-11,21H,8H2,(H,23,24,25). The van der Waals surface area contributed by atoms with E-state index in [-0.39, 0.29) is 12.3 Å². The molecule has 4 heterocycles. The van der Waals surface area contributed by atoms with Gasteiger partial charge in [0.05, 0.1) is 24.1 Å². The van der Waals surface area contributed by atoms with E-state index in [1.807, 2.05) is 47.3 Å². The van der Waals surface area contributed by atoms with Gasteiger partial charge in [-0.3, -0.25) is 4.79 Å². The van der Waals surface area contributed by atoms with E-state index < -0.39 is 0 Å². The highest BCUT2D eigenvalue weighted by atomic mass is 32.1. The highest BCUT2D eigenvalue weighted by molar-refractivity contribution is 7.14. The molecule has 1 amide bonds. The Morgan fingerprint density at radius 2 is 2.04 bits per heavy atom. The van der Waals surface area contributed by atoms with E-state index >= 15 is 0 Å². The summed E-state index contributed by atoms with van der Waals surface area (Å²) < 4.78 is 5.34. The number of amides is 1. The van der Waals surface area contributed by atoms with Gasteiger partial charge in [-0.25, -0.2) is 9.97 Å². The van der Waals surface area contributed by atoms with E-state index in [2.05, 4.69) is 26.3 Å². The number of para-hydroxylation sites is 1. The number of benzene rings is 1. The summed E-state index contributed by atoms with van der Waals surface area (Å²) in [5.74, 6) is 0.566. The van der Waals surface area contributed by atoms with Crippen molar-refractivity contribution in [2.75, 3.05) is 5.32 Å². The summed E-state index contributed by atoms with van der Waals surface area (Å²) in [6.07, 6.45) is 3.74. The van der Waals surface area contributed by atoms with Gasteiger partial charge in [0.2, 0.25) is 5.91 Å². The number of carbonyl (C=O) groups excluding carboxylic acids is 1. The van der Waals surface area contributed by atoms with E-state index in [1.54, 1.807) is 6.26 Å². The van der Waals surface area contributed by atoms with Crippen LogP contribution in [0.5, 0.6) is 0 Å². The average Bonchev–Trinajstić information content (AvgIpc) is 3.47. The maximum absolute atomic E-state index is 12.4. The number of aromatic amines is 1. The minimum absolute atomic E-state index is 0.142. The van der Waals surface area contributed by atoms with Crippen molar-refractivity contribution < 1.29 is 9.21 Å². The molecule has 6 nitrogen and oxygen atoms in total. The smallest absolute Gasteiger partial charge is 0.232 e. The lowest BCUT2D eigenvalue weighted by Gasteiger charge is -1.99. The van der Waals surface area contributed by atoms with Gasteiger partial charge in [-0.1, -0.05) is 18.2 Å². The Labute approximate surface area is 167 Å². The number of nitrogens with zero attached hydrogens (tertiary/aromatic N) is 2. The van der Waals surface area contributed by atoms with E-state index in [0.29, 0.717) is 16.6 Å². The predicted molar refractivity (Wildman–Crippen MR) is 112 cm³/mol. The number of thiazole rings is 2. The van der Waals surface area contributed by atoms with Gasteiger partial charge in [-0.2, -0.15) is 0 Å². The van der Waals surface area contributed by atoms with Crippen molar-refractivity contribution in [1.29, 1.82) is 0 Å². The third-order valence-electron chi connectivity index (χ3n) is 4.24. The summed E-state index contributed by atoms with van der Waals surface area (Å²) in [6.45, 7) is 0. The molecular formula is C20H14N4O2S2. The Bertz CT molecular complexity index is 1250. The molecule has 4 aromatic heterocycles. The molecule has 0 fully saturated rings. The van der Waals surface area contributed by atoms with Crippen molar-refractivity contribution >= 4 is 44.6 Å². The first-order valence-corrected chi connectivity index (χ1v) is 10.3. The molecule has 2 N–H and O–H groups in total. The Morgan fingerprint density at radius 3 is 2.93 bits per heavy atom. The number of hydrogen-bond acceptors (Lipinski definition) is 6. The number of rotatable bonds is 5. The van der Waals surface area contributed by atoms with Gasteiger partial charge in [-0.15, -0.1) is 22.7 Å². The molecule has 1 aromatic carbocycles. The zero-order valence-corrected chi connectivity index (χ0v) is 16.1. The van der Waals surface area contributed by atoms with E-state index in [0.717, 1.165) is 27.2 Å². The lowest BCUT2D eigenvalue weighted by atomic mass is 10.1. The second kappa shape index (κ2) is 7.06. The molecule has 138 valence electrons. The second-order valence-corrected chi connectivity index (χ2v) is 7.85. The number of nitrogens with one attached hydrogen (secondary N) is 2. The van der Waals surface area contributed by atoms with Crippen LogP contribution >= 0.6 is 22.7 Å². The predicted octanol–water partition coefficient (Wildman–Crippen LogP) is 5.19. The number of furan rings is 1. The van der Waals surface area contributed by atoms with E-state index in [4.69, 9.17) is 4.42 Å². The number of anilines is 1. The number of aromatic nitrogens is 3. The zero-order chi connectivity index (χ0) is 18.9. The molecule has 0 aliphatic heterocycles. The first-order chi connectivity index (χ1) is 13.8. The van der Waals surface area contributed by atoms with Gasteiger partial charge in [0.15, 0.2) is 15.9 Å². The fraction of sp³-hybridized carbons (Fsp3) is 0.0500. The normalized spacial score (nSPS) is 11.1. The van der Waals surface area contributed by atoms with Gasteiger partial charge in [-0.05, 0) is 18.2 Å². The summed E-state index contributed by atoms with van der Waals surface area (Å²) in [4.78, 5) is 24.6. The molecule has 0 unspecified atom stereocenters. The van der Waals surface area contributed by atoms with Gasteiger partial charge in [0, 0.05) is 33.4 Å². The van der Waals surface area contributed by atoms with Crippen LogP contribution in [0.15, 0.2) is 64.0 Å². The minimum atomic E-state index is -0.142. The molecule has 0 radical (unpaired) electrons. The van der Waals surface area contributed by atoms with Crippen LogP contribution in [0.25, 0.3) is 32.9 Å². The second-order valence-electron chi connectivity index (χ2n) is 6.13. The van der Waals surface area contributed by atoms with Crippen LogP contribution in [0.2, 0.25) is 0 Å². The number of hydrogen-bond donors (Lipinski definition) is 2. The largest absolute Gasteiger partial charge is 0.462 e. The Kier molecular flexibility index (Phi) is 4.27. The molecule has 0 spiro atoms. The Morgan fingerprint density at radius 1 is 1.11 bits per heavy atom. The summed E-state index contributed by atoms with van der Waals surface area (Å²) in [5.41, 5.74) is 3.63. The van der Waals surface area contributed by atoms with Gasteiger partial charge in [0.25, 0.3) is 0 Å². The van der Waals surface area contributed by atoms with Crippen molar-refractivity contribution in [3.05, 3.63) is 65.3 Å². The molecule has 0 saturated heterocycles. The summed E-state index contributed by atoms with van der Waals surface area (Å²) in [7, 11) is 0. The number of carbonyl (C=O) groups is 1. The molecule has 5 rings (SSSR count). The summed E-state index contributed by atoms with van der Waals surface area (Å²) >= 11 is 2.87. The number of fused-ring (bicyclic) bond motifs is 1. The lowest BCUT2D eigenvalue weighted by Crippen LogP contribution is -2.14. The summed E-state index contributed by atoms with van der Waals surface area (Å²) in [6, 6.07) is 11.7. The molecule has 0 aliphatic carbocycles. The van der Waals surface area contributed by atoms with Crippen LogP contribution in [0.4, 0.5) is 5.13 Å². The molecule has 0 bridgehead atoms. The van der Waals surface area contributed by atoms with Crippen molar-refractivity contribution in [1.82, 2.24) is 15.0 Å². The number of H-pyrrole nitrogens is 1. The molecular weight excluding hydrogens is 392 g/mol. The molecule has 0 atom stereocenters. The fourth-order valence-corrected chi connectivity index (χ4v) is 4.48. The average molecular weight is 406 g/mol. The SMILES string of the molecule is O=C(Cc1csc(-c2ccco2)n1)Nc1nc(-c2c[nH]c3ccccc23)cs1.